The van der Waals surface area contributed by atoms with Gasteiger partial charge in [-0.05, 0) is 37.0 Å². The summed E-state index contributed by atoms with van der Waals surface area (Å²) in [6.45, 7) is 0.727. The van der Waals surface area contributed by atoms with Crippen molar-refractivity contribution in [1.29, 1.82) is 0 Å². The fourth-order valence-electron chi connectivity index (χ4n) is 1.74. The molecule has 18 heavy (non-hydrogen) atoms. The minimum atomic E-state index is -0.118. The van der Waals surface area contributed by atoms with E-state index in [4.69, 9.17) is 27.9 Å². The summed E-state index contributed by atoms with van der Waals surface area (Å²) < 4.78 is 5.33. The van der Waals surface area contributed by atoms with Crippen molar-refractivity contribution < 1.29 is 9.53 Å². The number of hydrogen-bond donors (Lipinski definition) is 1. The van der Waals surface area contributed by atoms with Gasteiger partial charge in [0.1, 0.15) is 5.75 Å². The lowest BCUT2D eigenvalue weighted by Crippen LogP contribution is -2.35. The predicted octanol–water partition coefficient (Wildman–Crippen LogP) is 3.29. The van der Waals surface area contributed by atoms with Crippen LogP contribution in [0.1, 0.15) is 19.3 Å². The van der Waals surface area contributed by atoms with E-state index in [0.717, 1.165) is 6.54 Å². The molecule has 0 atom stereocenters. The molecule has 0 heterocycles. The van der Waals surface area contributed by atoms with E-state index < -0.39 is 0 Å². The average molecular weight is 288 g/mol. The van der Waals surface area contributed by atoms with Crippen LogP contribution in [0.3, 0.4) is 0 Å². The second kappa shape index (κ2) is 6.30. The number of benzene rings is 1. The molecule has 0 radical (unpaired) electrons. The van der Waals surface area contributed by atoms with Gasteiger partial charge in [0.05, 0.1) is 5.02 Å². The predicted molar refractivity (Wildman–Crippen MR) is 72.3 cm³/mol. The van der Waals surface area contributed by atoms with Crippen LogP contribution in [0.25, 0.3) is 0 Å². The normalized spacial score (nSPS) is 15.0. The highest BCUT2D eigenvalue weighted by Crippen LogP contribution is 2.27. The second-order valence-corrected chi connectivity index (χ2v) is 5.31. The Bertz CT molecular complexity index is 433. The molecular weight excluding hydrogens is 273 g/mol. The number of amides is 1. The van der Waals surface area contributed by atoms with E-state index in [1.54, 1.807) is 18.2 Å². The highest BCUT2D eigenvalue weighted by Gasteiger charge is 2.17. The minimum absolute atomic E-state index is 0.0198. The van der Waals surface area contributed by atoms with E-state index in [1.807, 2.05) is 0 Å². The third-order valence-electron chi connectivity index (χ3n) is 3.07. The minimum Gasteiger partial charge on any atom is -0.482 e. The third kappa shape index (κ3) is 3.79. The first kappa shape index (κ1) is 13.5. The molecule has 1 aromatic carbocycles. The van der Waals surface area contributed by atoms with E-state index in [9.17, 15) is 4.79 Å². The summed E-state index contributed by atoms with van der Waals surface area (Å²) in [5.41, 5.74) is 0. The van der Waals surface area contributed by atoms with Gasteiger partial charge in [0.15, 0.2) is 6.61 Å². The van der Waals surface area contributed by atoms with Crippen LogP contribution in [0.4, 0.5) is 0 Å². The second-order valence-electron chi connectivity index (χ2n) is 4.46. The highest BCUT2D eigenvalue weighted by molar-refractivity contribution is 6.35. The zero-order chi connectivity index (χ0) is 13.0. The van der Waals surface area contributed by atoms with Gasteiger partial charge in [0.25, 0.3) is 5.91 Å². The zero-order valence-corrected chi connectivity index (χ0v) is 11.4. The lowest BCUT2D eigenvalue weighted by molar-refractivity contribution is -0.123. The summed E-state index contributed by atoms with van der Waals surface area (Å²) in [4.78, 5) is 11.5. The van der Waals surface area contributed by atoms with E-state index in [2.05, 4.69) is 5.32 Å². The molecule has 5 heteroatoms. The summed E-state index contributed by atoms with van der Waals surface area (Å²) >= 11 is 11.7. The van der Waals surface area contributed by atoms with Crippen LogP contribution >= 0.6 is 23.2 Å². The van der Waals surface area contributed by atoms with Gasteiger partial charge in [0.2, 0.25) is 0 Å². The first-order valence-electron chi connectivity index (χ1n) is 5.99. The van der Waals surface area contributed by atoms with Gasteiger partial charge in [-0.1, -0.05) is 29.6 Å². The van der Waals surface area contributed by atoms with Gasteiger partial charge >= 0.3 is 0 Å². The first-order chi connectivity index (χ1) is 8.65. The van der Waals surface area contributed by atoms with Crippen molar-refractivity contribution >= 4 is 29.1 Å². The molecule has 1 fully saturated rings. The molecular formula is C13H15Cl2NO2. The summed E-state index contributed by atoms with van der Waals surface area (Å²) in [5, 5.41) is 3.81. The number of carbonyl (C=O) groups is 1. The fourth-order valence-corrected chi connectivity index (χ4v) is 2.20. The Morgan fingerprint density at radius 3 is 2.78 bits per heavy atom. The number of nitrogens with one attached hydrogen (secondary N) is 1. The van der Waals surface area contributed by atoms with Crippen LogP contribution in [0.15, 0.2) is 18.2 Å². The van der Waals surface area contributed by atoms with Crippen LogP contribution in [0.2, 0.25) is 10.0 Å². The van der Waals surface area contributed by atoms with Crippen LogP contribution < -0.4 is 10.1 Å². The maximum absolute atomic E-state index is 11.5. The number of ether oxygens (including phenoxy) is 1. The Kier molecular flexibility index (Phi) is 4.72. The van der Waals surface area contributed by atoms with Crippen molar-refractivity contribution in [3.05, 3.63) is 28.2 Å². The maximum atomic E-state index is 11.5. The van der Waals surface area contributed by atoms with Gasteiger partial charge < -0.3 is 10.1 Å². The number of halogens is 2. The van der Waals surface area contributed by atoms with Crippen molar-refractivity contribution in [3.63, 3.8) is 0 Å². The van der Waals surface area contributed by atoms with E-state index in [1.165, 1.54) is 19.3 Å². The number of carbonyl (C=O) groups excluding carboxylic acids is 1. The average Bonchev–Trinajstić information content (AvgIpc) is 2.25. The molecule has 1 amide bonds. The van der Waals surface area contributed by atoms with Crippen molar-refractivity contribution in [2.24, 2.45) is 5.92 Å². The van der Waals surface area contributed by atoms with Gasteiger partial charge in [-0.3, -0.25) is 4.79 Å². The molecule has 1 aromatic rings. The molecule has 1 aliphatic carbocycles. The van der Waals surface area contributed by atoms with Crippen molar-refractivity contribution in [1.82, 2.24) is 5.32 Å². The van der Waals surface area contributed by atoms with Crippen LogP contribution in [-0.4, -0.2) is 19.1 Å². The standard InChI is InChI=1S/C13H15Cl2NO2/c14-10-4-5-12(11(15)6-10)18-8-13(17)16-7-9-2-1-3-9/h4-6,9H,1-3,7-8H2,(H,16,17). The molecule has 1 N–H and O–H groups in total. The maximum Gasteiger partial charge on any atom is 0.257 e. The van der Waals surface area contributed by atoms with E-state index in [0.29, 0.717) is 21.7 Å². The van der Waals surface area contributed by atoms with Crippen molar-refractivity contribution in [2.75, 3.05) is 13.2 Å². The SMILES string of the molecule is O=C(COc1ccc(Cl)cc1Cl)NCC1CCC1. The van der Waals surface area contributed by atoms with Gasteiger partial charge in [-0.25, -0.2) is 0 Å². The Morgan fingerprint density at radius 1 is 1.39 bits per heavy atom. The zero-order valence-electron chi connectivity index (χ0n) is 9.92. The lowest BCUT2D eigenvalue weighted by atomic mass is 9.85. The van der Waals surface area contributed by atoms with Crippen LogP contribution in [-0.2, 0) is 4.79 Å². The molecule has 0 unspecified atom stereocenters. The summed E-state index contributed by atoms with van der Waals surface area (Å²) in [6.07, 6.45) is 3.70. The molecule has 3 nitrogen and oxygen atoms in total. The molecule has 1 saturated carbocycles. The molecule has 0 saturated heterocycles. The smallest absolute Gasteiger partial charge is 0.257 e. The molecule has 98 valence electrons. The Hall–Kier alpha value is -0.930. The number of hydrogen-bond acceptors (Lipinski definition) is 2. The molecule has 0 aromatic heterocycles. The molecule has 2 rings (SSSR count). The molecule has 0 aliphatic heterocycles. The molecule has 0 bridgehead atoms. The van der Waals surface area contributed by atoms with Gasteiger partial charge in [-0.2, -0.15) is 0 Å². The van der Waals surface area contributed by atoms with Gasteiger partial charge in [-0.15, -0.1) is 0 Å². The molecule has 0 spiro atoms. The number of rotatable bonds is 5. The monoisotopic (exact) mass is 287 g/mol. The van der Waals surface area contributed by atoms with Crippen LogP contribution in [0, 0.1) is 5.92 Å². The Morgan fingerprint density at radius 2 is 2.17 bits per heavy atom. The van der Waals surface area contributed by atoms with Gasteiger partial charge in [0, 0.05) is 11.6 Å². The fraction of sp³-hybridized carbons (Fsp3) is 0.462. The van der Waals surface area contributed by atoms with E-state index in [-0.39, 0.29) is 12.5 Å². The third-order valence-corrected chi connectivity index (χ3v) is 3.60. The summed E-state index contributed by atoms with van der Waals surface area (Å²) in [5.74, 6) is 1.00. The topological polar surface area (TPSA) is 38.3 Å². The lowest BCUT2D eigenvalue weighted by Gasteiger charge is -2.25. The highest BCUT2D eigenvalue weighted by atomic mass is 35.5. The van der Waals surface area contributed by atoms with Crippen molar-refractivity contribution in [3.8, 4) is 5.75 Å². The summed E-state index contributed by atoms with van der Waals surface area (Å²) in [6, 6.07) is 4.92. The Labute approximate surface area is 116 Å². The first-order valence-corrected chi connectivity index (χ1v) is 6.75. The summed E-state index contributed by atoms with van der Waals surface area (Å²) in [7, 11) is 0. The van der Waals surface area contributed by atoms with E-state index >= 15 is 0 Å². The molecule has 1 aliphatic rings. The largest absolute Gasteiger partial charge is 0.482 e. The quantitative estimate of drug-likeness (QED) is 0.903. The van der Waals surface area contributed by atoms with Crippen LogP contribution in [0.5, 0.6) is 5.75 Å². The Balaban J connectivity index is 1.74. The van der Waals surface area contributed by atoms with Crippen molar-refractivity contribution in [2.45, 2.75) is 19.3 Å².